The molecule has 6 heteroatoms. The number of pyridine rings is 1. The van der Waals surface area contributed by atoms with Crippen molar-refractivity contribution < 1.29 is 9.59 Å². The Morgan fingerprint density at radius 3 is 3.11 bits per heavy atom. The highest BCUT2D eigenvalue weighted by Gasteiger charge is 2.30. The molecule has 0 saturated carbocycles. The fourth-order valence-corrected chi connectivity index (χ4v) is 2.47. The lowest BCUT2D eigenvalue weighted by Crippen LogP contribution is -2.55. The number of hydrogen-bond acceptors (Lipinski definition) is 4. The second-order valence-electron chi connectivity index (χ2n) is 4.03. The topological polar surface area (TPSA) is 62.3 Å². The first kappa shape index (κ1) is 12.9. The van der Waals surface area contributed by atoms with Crippen LogP contribution in [0.2, 0.25) is 0 Å². The van der Waals surface area contributed by atoms with Crippen molar-refractivity contribution in [1.29, 1.82) is 0 Å². The molecule has 2 amide bonds. The van der Waals surface area contributed by atoms with Crippen molar-refractivity contribution in [3.63, 3.8) is 0 Å². The number of piperazine rings is 1. The van der Waals surface area contributed by atoms with Crippen molar-refractivity contribution in [2.75, 3.05) is 19.3 Å². The molecule has 96 valence electrons. The van der Waals surface area contributed by atoms with Gasteiger partial charge in [0.15, 0.2) is 0 Å². The third kappa shape index (κ3) is 2.33. The molecule has 1 aromatic heterocycles. The minimum absolute atomic E-state index is 0.107. The summed E-state index contributed by atoms with van der Waals surface area (Å²) in [5, 5.41) is 3.44. The van der Waals surface area contributed by atoms with E-state index in [1.807, 2.05) is 6.26 Å². The van der Waals surface area contributed by atoms with E-state index in [1.54, 1.807) is 30.2 Å². The number of carbonyl (C=O) groups is 2. The number of nitrogens with zero attached hydrogens (tertiary/aromatic N) is 2. The fraction of sp³-hybridized carbons (Fsp3) is 0.417. The lowest BCUT2D eigenvalue weighted by Gasteiger charge is -2.33. The average Bonchev–Trinajstić information content (AvgIpc) is 2.41. The summed E-state index contributed by atoms with van der Waals surface area (Å²) in [4.78, 5) is 29.8. The smallest absolute Gasteiger partial charge is 0.257 e. The van der Waals surface area contributed by atoms with Gasteiger partial charge in [0.05, 0.1) is 5.56 Å². The van der Waals surface area contributed by atoms with Crippen LogP contribution in [-0.2, 0) is 4.79 Å². The summed E-state index contributed by atoms with van der Waals surface area (Å²) in [5.41, 5.74) is 0.562. The van der Waals surface area contributed by atoms with Gasteiger partial charge in [0.1, 0.15) is 11.1 Å². The predicted molar refractivity (Wildman–Crippen MR) is 69.5 cm³/mol. The first-order valence-corrected chi connectivity index (χ1v) is 6.95. The van der Waals surface area contributed by atoms with E-state index in [0.717, 1.165) is 0 Å². The van der Waals surface area contributed by atoms with Crippen LogP contribution in [0.4, 0.5) is 0 Å². The van der Waals surface area contributed by atoms with Gasteiger partial charge in [-0.2, -0.15) is 0 Å². The Hall–Kier alpha value is -1.56. The Morgan fingerprint density at radius 2 is 2.39 bits per heavy atom. The van der Waals surface area contributed by atoms with Crippen molar-refractivity contribution in [2.24, 2.45) is 0 Å². The molecule has 1 fully saturated rings. The summed E-state index contributed by atoms with van der Waals surface area (Å²) < 4.78 is 0. The molecule has 0 aliphatic carbocycles. The van der Waals surface area contributed by atoms with Crippen molar-refractivity contribution >= 4 is 23.6 Å². The highest BCUT2D eigenvalue weighted by atomic mass is 32.2. The zero-order valence-corrected chi connectivity index (χ0v) is 11.2. The Bertz CT molecular complexity index is 478. The summed E-state index contributed by atoms with van der Waals surface area (Å²) in [6.07, 6.45) is 3.54. The minimum Gasteiger partial charge on any atom is -0.353 e. The van der Waals surface area contributed by atoms with E-state index in [4.69, 9.17) is 0 Å². The van der Waals surface area contributed by atoms with Gasteiger partial charge in [-0.25, -0.2) is 4.98 Å². The molecule has 0 spiro atoms. The fourth-order valence-electron chi connectivity index (χ4n) is 1.93. The molecule has 1 unspecified atom stereocenters. The monoisotopic (exact) mass is 265 g/mol. The maximum absolute atomic E-state index is 12.4. The summed E-state index contributed by atoms with van der Waals surface area (Å²) in [6.45, 7) is 2.78. The zero-order chi connectivity index (χ0) is 13.1. The molecule has 1 N–H and O–H groups in total. The van der Waals surface area contributed by atoms with Gasteiger partial charge in [0.25, 0.3) is 5.91 Å². The molecule has 5 nitrogen and oxygen atoms in total. The largest absolute Gasteiger partial charge is 0.353 e. The standard InChI is InChI=1S/C12H15N3O2S/c1-8-10(16)13-6-7-15(8)12(17)9-4-3-5-14-11(9)18-2/h3-5,8H,6-7H2,1-2H3,(H,13,16). The van der Waals surface area contributed by atoms with Crippen LogP contribution < -0.4 is 5.32 Å². The quantitative estimate of drug-likeness (QED) is 0.802. The van der Waals surface area contributed by atoms with E-state index in [2.05, 4.69) is 10.3 Å². The molecule has 1 aromatic rings. The number of aromatic nitrogens is 1. The van der Waals surface area contributed by atoms with E-state index in [0.29, 0.717) is 23.7 Å². The molecule has 2 heterocycles. The molecule has 0 bridgehead atoms. The van der Waals surface area contributed by atoms with Gasteiger partial charge in [-0.1, -0.05) is 0 Å². The van der Waals surface area contributed by atoms with Crippen molar-refractivity contribution in [3.05, 3.63) is 23.9 Å². The molecular weight excluding hydrogens is 250 g/mol. The van der Waals surface area contributed by atoms with Gasteiger partial charge < -0.3 is 10.2 Å². The summed E-state index contributed by atoms with van der Waals surface area (Å²) >= 11 is 1.43. The number of thioether (sulfide) groups is 1. The van der Waals surface area contributed by atoms with E-state index >= 15 is 0 Å². The highest BCUT2D eigenvalue weighted by Crippen LogP contribution is 2.20. The van der Waals surface area contributed by atoms with Gasteiger partial charge >= 0.3 is 0 Å². The average molecular weight is 265 g/mol. The van der Waals surface area contributed by atoms with Gasteiger partial charge in [-0.05, 0) is 25.3 Å². The third-order valence-electron chi connectivity index (χ3n) is 2.95. The molecule has 18 heavy (non-hydrogen) atoms. The summed E-state index contributed by atoms with van der Waals surface area (Å²) in [7, 11) is 0. The Kier molecular flexibility index (Phi) is 3.86. The second kappa shape index (κ2) is 5.39. The Labute approximate surface area is 110 Å². The molecule has 0 radical (unpaired) electrons. The Balaban J connectivity index is 2.27. The van der Waals surface area contributed by atoms with E-state index in [-0.39, 0.29) is 11.8 Å². The first-order chi connectivity index (χ1) is 8.65. The van der Waals surface area contributed by atoms with Gasteiger partial charge in [0, 0.05) is 19.3 Å². The van der Waals surface area contributed by atoms with Crippen LogP contribution in [-0.4, -0.2) is 47.1 Å². The van der Waals surface area contributed by atoms with Crippen LogP contribution in [0.25, 0.3) is 0 Å². The normalized spacial score (nSPS) is 19.6. The number of nitrogens with one attached hydrogen (secondary N) is 1. The molecule has 1 saturated heterocycles. The lowest BCUT2D eigenvalue weighted by atomic mass is 10.1. The van der Waals surface area contributed by atoms with E-state index in [1.165, 1.54) is 11.8 Å². The van der Waals surface area contributed by atoms with Crippen molar-refractivity contribution in [3.8, 4) is 0 Å². The number of carbonyl (C=O) groups excluding carboxylic acids is 2. The van der Waals surface area contributed by atoms with Gasteiger partial charge in [0.2, 0.25) is 5.91 Å². The van der Waals surface area contributed by atoms with Crippen LogP contribution in [0.3, 0.4) is 0 Å². The van der Waals surface area contributed by atoms with Crippen LogP contribution in [0.1, 0.15) is 17.3 Å². The number of amides is 2. The van der Waals surface area contributed by atoms with Crippen LogP contribution in [0.5, 0.6) is 0 Å². The van der Waals surface area contributed by atoms with Crippen LogP contribution in [0, 0.1) is 0 Å². The maximum Gasteiger partial charge on any atom is 0.257 e. The molecule has 2 rings (SSSR count). The van der Waals surface area contributed by atoms with Gasteiger partial charge in [-0.15, -0.1) is 11.8 Å². The first-order valence-electron chi connectivity index (χ1n) is 5.73. The molecule has 0 aromatic carbocycles. The SMILES string of the molecule is CSc1ncccc1C(=O)N1CCNC(=O)C1C. The minimum atomic E-state index is -0.429. The van der Waals surface area contributed by atoms with Crippen molar-refractivity contribution in [1.82, 2.24) is 15.2 Å². The van der Waals surface area contributed by atoms with Crippen LogP contribution in [0.15, 0.2) is 23.4 Å². The predicted octanol–water partition coefficient (Wildman–Crippen LogP) is 0.764. The number of rotatable bonds is 2. The highest BCUT2D eigenvalue weighted by molar-refractivity contribution is 7.98. The molecule has 1 atom stereocenters. The summed E-state index contributed by atoms with van der Waals surface area (Å²) in [6, 6.07) is 3.06. The lowest BCUT2D eigenvalue weighted by molar-refractivity contribution is -0.127. The Morgan fingerprint density at radius 1 is 1.61 bits per heavy atom. The van der Waals surface area contributed by atoms with Crippen LogP contribution >= 0.6 is 11.8 Å². The summed E-state index contributed by atoms with van der Waals surface area (Å²) in [5.74, 6) is -0.237. The van der Waals surface area contributed by atoms with Crippen molar-refractivity contribution in [2.45, 2.75) is 18.0 Å². The van der Waals surface area contributed by atoms with E-state index in [9.17, 15) is 9.59 Å². The molecule has 1 aliphatic rings. The maximum atomic E-state index is 12.4. The molecule has 1 aliphatic heterocycles. The van der Waals surface area contributed by atoms with E-state index < -0.39 is 6.04 Å². The molecular formula is C12H15N3O2S. The third-order valence-corrected chi connectivity index (χ3v) is 3.67. The number of hydrogen-bond donors (Lipinski definition) is 1. The van der Waals surface area contributed by atoms with Gasteiger partial charge in [-0.3, -0.25) is 9.59 Å². The second-order valence-corrected chi connectivity index (χ2v) is 4.82. The zero-order valence-electron chi connectivity index (χ0n) is 10.3.